The van der Waals surface area contributed by atoms with Gasteiger partial charge in [-0.05, 0) is 57.2 Å². The Morgan fingerprint density at radius 2 is 1.83 bits per heavy atom. The molecule has 0 aliphatic carbocycles. The molecule has 0 aliphatic rings. The Balaban J connectivity index is 2.40. The fourth-order valence-corrected chi connectivity index (χ4v) is 3.05. The molecule has 1 nitrogen and oxygen atoms in total. The summed E-state index contributed by atoms with van der Waals surface area (Å²) < 4.78 is 27.5. The topological polar surface area (TPSA) is 12.0 Å². The third kappa shape index (κ3) is 3.16. The Morgan fingerprint density at radius 3 is 2.33 bits per heavy atom. The van der Waals surface area contributed by atoms with Crippen LogP contribution >= 0.6 is 27.3 Å². The van der Waals surface area contributed by atoms with Gasteiger partial charge in [-0.25, -0.2) is 8.78 Å². The molecule has 2 rings (SSSR count). The molecule has 1 heterocycles. The smallest absolute Gasteiger partial charge is 0.126 e. The fraction of sp³-hybridized carbons (Fsp3) is 0.231. The van der Waals surface area contributed by atoms with Crippen LogP contribution in [0.15, 0.2) is 33.4 Å². The number of hydrogen-bond donors (Lipinski definition) is 1. The zero-order chi connectivity index (χ0) is 13.1. The van der Waals surface area contributed by atoms with E-state index in [2.05, 4.69) is 21.2 Å². The summed E-state index contributed by atoms with van der Waals surface area (Å²) in [7, 11) is 0. The lowest BCUT2D eigenvalue weighted by atomic mass is 10.0. The Labute approximate surface area is 117 Å². The van der Waals surface area contributed by atoms with Gasteiger partial charge < -0.3 is 5.32 Å². The first kappa shape index (κ1) is 13.6. The SMILES string of the molecule is CCNC(c1cc(F)cc(F)c1)c1csc(Br)c1. The lowest BCUT2D eigenvalue weighted by Gasteiger charge is -2.17. The summed E-state index contributed by atoms with van der Waals surface area (Å²) in [6, 6.07) is 5.38. The van der Waals surface area contributed by atoms with Crippen molar-refractivity contribution < 1.29 is 8.78 Å². The molecule has 1 aromatic carbocycles. The van der Waals surface area contributed by atoms with Gasteiger partial charge in [-0.2, -0.15) is 0 Å². The van der Waals surface area contributed by atoms with Crippen molar-refractivity contribution in [2.75, 3.05) is 6.54 Å². The third-order valence-corrected chi connectivity index (χ3v) is 4.07. The van der Waals surface area contributed by atoms with Crippen LogP contribution in [0.5, 0.6) is 0 Å². The molecule has 18 heavy (non-hydrogen) atoms. The minimum atomic E-state index is -0.554. The Morgan fingerprint density at radius 1 is 1.17 bits per heavy atom. The number of thiophene rings is 1. The van der Waals surface area contributed by atoms with Gasteiger partial charge in [-0.1, -0.05) is 6.92 Å². The van der Waals surface area contributed by atoms with Crippen molar-refractivity contribution in [1.82, 2.24) is 5.32 Å². The Kier molecular flexibility index (Phi) is 4.48. The molecule has 0 bridgehead atoms. The first-order chi connectivity index (χ1) is 8.60. The average Bonchev–Trinajstić information content (AvgIpc) is 2.71. The van der Waals surface area contributed by atoms with E-state index < -0.39 is 11.6 Å². The maximum absolute atomic E-state index is 13.3. The predicted molar refractivity (Wildman–Crippen MR) is 73.9 cm³/mol. The summed E-state index contributed by atoms with van der Waals surface area (Å²) >= 11 is 4.95. The molecule has 96 valence electrons. The molecule has 0 amide bonds. The van der Waals surface area contributed by atoms with E-state index in [1.54, 1.807) is 11.3 Å². The second-order valence-electron chi connectivity index (χ2n) is 3.88. The second kappa shape index (κ2) is 5.91. The lowest BCUT2D eigenvalue weighted by Crippen LogP contribution is -2.21. The Bertz CT molecular complexity index is 521. The number of hydrogen-bond acceptors (Lipinski definition) is 2. The average molecular weight is 332 g/mol. The van der Waals surface area contributed by atoms with E-state index in [1.807, 2.05) is 18.4 Å². The Hall–Kier alpha value is -0.780. The van der Waals surface area contributed by atoms with Crippen molar-refractivity contribution in [3.8, 4) is 0 Å². The van der Waals surface area contributed by atoms with E-state index in [0.717, 1.165) is 22.0 Å². The van der Waals surface area contributed by atoms with E-state index in [0.29, 0.717) is 5.56 Å². The molecule has 0 spiro atoms. The third-order valence-electron chi connectivity index (χ3n) is 2.55. The van der Waals surface area contributed by atoms with Gasteiger partial charge in [-0.15, -0.1) is 11.3 Å². The van der Waals surface area contributed by atoms with Crippen LogP contribution in [0.3, 0.4) is 0 Å². The van der Waals surface area contributed by atoms with Gasteiger partial charge in [0.05, 0.1) is 9.83 Å². The number of halogens is 3. The van der Waals surface area contributed by atoms with Crippen LogP contribution < -0.4 is 5.32 Å². The van der Waals surface area contributed by atoms with Crippen LogP contribution in [0.4, 0.5) is 8.78 Å². The summed E-state index contributed by atoms with van der Waals surface area (Å²) in [5.41, 5.74) is 1.60. The maximum Gasteiger partial charge on any atom is 0.126 e. The van der Waals surface area contributed by atoms with Gasteiger partial charge in [0.2, 0.25) is 0 Å². The summed E-state index contributed by atoms with van der Waals surface area (Å²) in [6.45, 7) is 2.68. The first-order valence-corrected chi connectivity index (χ1v) is 7.20. The van der Waals surface area contributed by atoms with Crippen LogP contribution in [-0.4, -0.2) is 6.54 Å². The predicted octanol–water partition coefficient (Wildman–Crippen LogP) is 4.49. The van der Waals surface area contributed by atoms with E-state index in [-0.39, 0.29) is 6.04 Å². The van der Waals surface area contributed by atoms with E-state index in [9.17, 15) is 8.78 Å². The molecule has 2 aromatic rings. The van der Waals surface area contributed by atoms with Crippen LogP contribution in [0.1, 0.15) is 24.1 Å². The highest BCUT2D eigenvalue weighted by Crippen LogP contribution is 2.30. The number of benzene rings is 1. The zero-order valence-electron chi connectivity index (χ0n) is 9.71. The standard InChI is InChI=1S/C13H12BrF2NS/c1-2-17-13(9-5-12(14)18-7-9)8-3-10(15)6-11(16)4-8/h3-7,13,17H,2H2,1H3. The molecule has 0 aliphatic heterocycles. The van der Waals surface area contributed by atoms with Gasteiger partial charge in [-0.3, -0.25) is 0 Å². The second-order valence-corrected chi connectivity index (χ2v) is 6.17. The van der Waals surface area contributed by atoms with Crippen molar-refractivity contribution >= 4 is 27.3 Å². The highest BCUT2D eigenvalue weighted by molar-refractivity contribution is 9.11. The van der Waals surface area contributed by atoms with Gasteiger partial charge >= 0.3 is 0 Å². The molecule has 0 radical (unpaired) electrons. The van der Waals surface area contributed by atoms with Crippen molar-refractivity contribution in [2.45, 2.75) is 13.0 Å². The first-order valence-electron chi connectivity index (χ1n) is 5.53. The lowest BCUT2D eigenvalue weighted by molar-refractivity contribution is 0.565. The number of rotatable bonds is 4. The van der Waals surface area contributed by atoms with Crippen LogP contribution in [-0.2, 0) is 0 Å². The monoisotopic (exact) mass is 331 g/mol. The molecule has 0 saturated carbocycles. The maximum atomic E-state index is 13.3. The van der Waals surface area contributed by atoms with E-state index >= 15 is 0 Å². The summed E-state index contributed by atoms with van der Waals surface area (Å²) in [6.07, 6.45) is 0. The van der Waals surface area contributed by atoms with Crippen molar-refractivity contribution in [3.63, 3.8) is 0 Å². The molecule has 0 fully saturated rings. The molecule has 1 unspecified atom stereocenters. The molecule has 1 atom stereocenters. The molecule has 1 aromatic heterocycles. The minimum Gasteiger partial charge on any atom is -0.307 e. The highest BCUT2D eigenvalue weighted by atomic mass is 79.9. The largest absolute Gasteiger partial charge is 0.307 e. The van der Waals surface area contributed by atoms with Gasteiger partial charge in [0, 0.05) is 6.07 Å². The molecular formula is C13H12BrF2NS. The summed E-state index contributed by atoms with van der Waals surface area (Å²) in [4.78, 5) is 0. The fourth-order valence-electron chi connectivity index (χ4n) is 1.85. The van der Waals surface area contributed by atoms with Gasteiger partial charge in [0.25, 0.3) is 0 Å². The normalized spacial score (nSPS) is 12.7. The summed E-state index contributed by atoms with van der Waals surface area (Å²) in [5.74, 6) is -1.11. The molecular weight excluding hydrogens is 320 g/mol. The molecule has 5 heteroatoms. The summed E-state index contributed by atoms with van der Waals surface area (Å²) in [5, 5.41) is 5.21. The molecule has 1 N–H and O–H groups in total. The van der Waals surface area contributed by atoms with Crippen LogP contribution in [0, 0.1) is 11.6 Å². The van der Waals surface area contributed by atoms with Crippen LogP contribution in [0.2, 0.25) is 0 Å². The van der Waals surface area contributed by atoms with Crippen molar-refractivity contribution in [1.29, 1.82) is 0 Å². The minimum absolute atomic E-state index is 0.192. The van der Waals surface area contributed by atoms with Crippen molar-refractivity contribution in [3.05, 3.63) is 56.2 Å². The van der Waals surface area contributed by atoms with E-state index in [4.69, 9.17) is 0 Å². The number of nitrogens with one attached hydrogen (secondary N) is 1. The van der Waals surface area contributed by atoms with Gasteiger partial charge in [0.15, 0.2) is 0 Å². The van der Waals surface area contributed by atoms with Crippen molar-refractivity contribution in [2.24, 2.45) is 0 Å². The molecule has 0 saturated heterocycles. The quantitative estimate of drug-likeness (QED) is 0.870. The van der Waals surface area contributed by atoms with E-state index in [1.165, 1.54) is 12.1 Å². The van der Waals surface area contributed by atoms with Gasteiger partial charge in [0.1, 0.15) is 11.6 Å². The zero-order valence-corrected chi connectivity index (χ0v) is 12.1. The van der Waals surface area contributed by atoms with Crippen LogP contribution in [0.25, 0.3) is 0 Å². The highest BCUT2D eigenvalue weighted by Gasteiger charge is 2.16.